The summed E-state index contributed by atoms with van der Waals surface area (Å²) in [6.07, 6.45) is 0. The molecule has 0 atom stereocenters. The number of rotatable bonds is 2. The summed E-state index contributed by atoms with van der Waals surface area (Å²) in [6, 6.07) is 9.35. The van der Waals surface area contributed by atoms with Crippen LogP contribution in [-0.4, -0.2) is 9.55 Å². The molecule has 23 heavy (non-hydrogen) atoms. The Labute approximate surface area is 151 Å². The van der Waals surface area contributed by atoms with Gasteiger partial charge in [0, 0.05) is 3.57 Å². The zero-order valence-corrected chi connectivity index (χ0v) is 15.5. The predicted octanol–water partition coefficient (Wildman–Crippen LogP) is 3.61. The lowest BCUT2D eigenvalue weighted by Crippen LogP contribution is -2.35. The van der Waals surface area contributed by atoms with E-state index in [0.29, 0.717) is 15.9 Å². The Hall–Kier alpha value is -1.60. The fourth-order valence-corrected chi connectivity index (χ4v) is 3.63. The Kier molecular flexibility index (Phi) is 4.33. The van der Waals surface area contributed by atoms with Gasteiger partial charge >= 0.3 is 5.69 Å². The van der Waals surface area contributed by atoms with Crippen LogP contribution in [0.15, 0.2) is 39.9 Å². The van der Waals surface area contributed by atoms with Crippen molar-refractivity contribution in [3.63, 3.8) is 0 Å². The second kappa shape index (κ2) is 6.13. The largest absolute Gasteiger partial charge is 0.329 e. The Bertz CT molecular complexity index is 1040. The SMILES string of the molecule is Cc1ccc(Cn2c(=O)[nH]c3cc(I)cc(Cl)c3c2=O)cc1C. The topological polar surface area (TPSA) is 54.9 Å². The van der Waals surface area contributed by atoms with E-state index in [4.69, 9.17) is 11.6 Å². The van der Waals surface area contributed by atoms with Crippen LogP contribution in [-0.2, 0) is 6.54 Å². The van der Waals surface area contributed by atoms with Crippen LogP contribution in [0.25, 0.3) is 10.9 Å². The molecule has 3 rings (SSSR count). The van der Waals surface area contributed by atoms with Crippen LogP contribution in [0.2, 0.25) is 5.02 Å². The van der Waals surface area contributed by atoms with Gasteiger partial charge in [0.15, 0.2) is 0 Å². The molecule has 0 aliphatic heterocycles. The van der Waals surface area contributed by atoms with E-state index < -0.39 is 5.69 Å². The number of fused-ring (bicyclic) bond motifs is 1. The summed E-state index contributed by atoms with van der Waals surface area (Å²) in [7, 11) is 0. The first kappa shape index (κ1) is 16.3. The number of aromatic nitrogens is 2. The molecule has 0 saturated heterocycles. The number of benzene rings is 2. The monoisotopic (exact) mass is 440 g/mol. The van der Waals surface area contributed by atoms with Crippen LogP contribution in [0, 0.1) is 17.4 Å². The van der Waals surface area contributed by atoms with Gasteiger partial charge in [-0.25, -0.2) is 4.79 Å². The minimum atomic E-state index is -0.432. The zero-order chi connectivity index (χ0) is 16.7. The molecule has 0 amide bonds. The fraction of sp³-hybridized carbons (Fsp3) is 0.176. The van der Waals surface area contributed by atoms with E-state index in [1.807, 2.05) is 32.0 Å². The molecule has 1 heterocycles. The molecule has 0 unspecified atom stereocenters. The molecule has 4 nitrogen and oxygen atoms in total. The summed E-state index contributed by atoms with van der Waals surface area (Å²) in [6.45, 7) is 4.24. The molecule has 0 saturated carbocycles. The average molecular weight is 441 g/mol. The number of aryl methyl sites for hydroxylation is 2. The van der Waals surface area contributed by atoms with Gasteiger partial charge in [0.25, 0.3) is 5.56 Å². The van der Waals surface area contributed by atoms with E-state index in [0.717, 1.165) is 14.7 Å². The Morgan fingerprint density at radius 2 is 1.87 bits per heavy atom. The van der Waals surface area contributed by atoms with Crippen molar-refractivity contribution in [1.82, 2.24) is 9.55 Å². The maximum atomic E-state index is 12.7. The summed E-state index contributed by atoms with van der Waals surface area (Å²) < 4.78 is 2.05. The van der Waals surface area contributed by atoms with E-state index in [1.165, 1.54) is 10.1 Å². The van der Waals surface area contributed by atoms with E-state index >= 15 is 0 Å². The maximum Gasteiger partial charge on any atom is 0.329 e. The number of hydrogen-bond donors (Lipinski definition) is 1. The first-order valence-corrected chi connectivity index (χ1v) is 8.50. The van der Waals surface area contributed by atoms with Crippen molar-refractivity contribution < 1.29 is 0 Å². The van der Waals surface area contributed by atoms with Gasteiger partial charge in [-0.15, -0.1) is 0 Å². The molecule has 0 fully saturated rings. The lowest BCUT2D eigenvalue weighted by molar-refractivity contribution is 0.711. The summed E-state index contributed by atoms with van der Waals surface area (Å²) in [5.41, 5.74) is 2.86. The first-order chi connectivity index (χ1) is 10.9. The highest BCUT2D eigenvalue weighted by molar-refractivity contribution is 14.1. The van der Waals surface area contributed by atoms with E-state index in [9.17, 15) is 9.59 Å². The molecule has 0 bridgehead atoms. The lowest BCUT2D eigenvalue weighted by Gasteiger charge is -2.09. The van der Waals surface area contributed by atoms with Gasteiger partial charge in [0.05, 0.1) is 22.5 Å². The molecule has 3 aromatic rings. The second-order valence-corrected chi connectivity index (χ2v) is 7.20. The normalized spacial score (nSPS) is 11.1. The summed E-state index contributed by atoms with van der Waals surface area (Å²) >= 11 is 8.30. The van der Waals surface area contributed by atoms with Gasteiger partial charge < -0.3 is 4.98 Å². The highest BCUT2D eigenvalue weighted by Gasteiger charge is 2.12. The fourth-order valence-electron chi connectivity index (χ4n) is 2.53. The third kappa shape index (κ3) is 3.07. The number of aromatic amines is 1. The van der Waals surface area contributed by atoms with Crippen LogP contribution in [0.5, 0.6) is 0 Å². The van der Waals surface area contributed by atoms with Gasteiger partial charge in [0.2, 0.25) is 0 Å². The van der Waals surface area contributed by atoms with E-state index in [2.05, 4.69) is 27.6 Å². The van der Waals surface area contributed by atoms with Crippen LogP contribution in [0.4, 0.5) is 0 Å². The number of H-pyrrole nitrogens is 1. The van der Waals surface area contributed by atoms with Crippen molar-refractivity contribution in [2.45, 2.75) is 20.4 Å². The van der Waals surface area contributed by atoms with Gasteiger partial charge in [-0.3, -0.25) is 9.36 Å². The summed E-state index contributed by atoms with van der Waals surface area (Å²) in [4.78, 5) is 27.7. The molecule has 0 aliphatic rings. The van der Waals surface area contributed by atoms with Crippen LogP contribution in [0.1, 0.15) is 16.7 Å². The molecule has 2 aromatic carbocycles. The Morgan fingerprint density at radius 1 is 1.13 bits per heavy atom. The lowest BCUT2D eigenvalue weighted by atomic mass is 10.1. The van der Waals surface area contributed by atoms with Crippen molar-refractivity contribution in [2.24, 2.45) is 0 Å². The first-order valence-electron chi connectivity index (χ1n) is 7.05. The number of nitrogens with zero attached hydrogens (tertiary/aromatic N) is 1. The number of nitrogens with one attached hydrogen (secondary N) is 1. The average Bonchev–Trinajstić information content (AvgIpc) is 2.46. The molecule has 0 radical (unpaired) electrons. The smallest absolute Gasteiger partial charge is 0.307 e. The number of hydrogen-bond acceptors (Lipinski definition) is 2. The molecule has 1 aromatic heterocycles. The van der Waals surface area contributed by atoms with E-state index in [-0.39, 0.29) is 12.1 Å². The van der Waals surface area contributed by atoms with Gasteiger partial charge in [-0.05, 0) is 65.3 Å². The third-order valence-corrected chi connectivity index (χ3v) is 4.83. The second-order valence-electron chi connectivity index (χ2n) is 5.55. The van der Waals surface area contributed by atoms with Gasteiger partial charge in [0.1, 0.15) is 0 Å². The number of halogens is 2. The Morgan fingerprint density at radius 3 is 2.57 bits per heavy atom. The molecular formula is C17H14ClIN2O2. The molecule has 6 heteroatoms. The predicted molar refractivity (Wildman–Crippen MR) is 102 cm³/mol. The van der Waals surface area contributed by atoms with Crippen molar-refractivity contribution in [3.8, 4) is 0 Å². The summed E-state index contributed by atoms with van der Waals surface area (Å²) in [5, 5.41) is 0.692. The molecule has 1 N–H and O–H groups in total. The highest BCUT2D eigenvalue weighted by Crippen LogP contribution is 2.21. The Balaban J connectivity index is 2.20. The van der Waals surface area contributed by atoms with Crippen molar-refractivity contribution in [1.29, 1.82) is 0 Å². The zero-order valence-electron chi connectivity index (χ0n) is 12.6. The van der Waals surface area contributed by atoms with Crippen LogP contribution in [0.3, 0.4) is 0 Å². The third-order valence-electron chi connectivity index (χ3n) is 3.91. The molecule has 0 spiro atoms. The van der Waals surface area contributed by atoms with Gasteiger partial charge in [-0.1, -0.05) is 29.8 Å². The standard InChI is InChI=1S/C17H14ClIN2O2/c1-9-3-4-11(5-10(9)2)8-21-16(22)15-13(18)6-12(19)7-14(15)20-17(21)23/h3-7H,8H2,1-2H3,(H,20,23). The molecule has 0 aliphatic carbocycles. The minimum absolute atomic E-state index is 0.216. The molecular weight excluding hydrogens is 427 g/mol. The van der Waals surface area contributed by atoms with Crippen molar-refractivity contribution in [3.05, 3.63) is 76.5 Å². The van der Waals surface area contributed by atoms with Crippen molar-refractivity contribution in [2.75, 3.05) is 0 Å². The van der Waals surface area contributed by atoms with Crippen molar-refractivity contribution >= 4 is 45.1 Å². The minimum Gasteiger partial charge on any atom is -0.307 e. The van der Waals surface area contributed by atoms with E-state index in [1.54, 1.807) is 12.1 Å². The van der Waals surface area contributed by atoms with Crippen LogP contribution >= 0.6 is 34.2 Å². The van der Waals surface area contributed by atoms with Gasteiger partial charge in [-0.2, -0.15) is 0 Å². The quantitative estimate of drug-likeness (QED) is 0.619. The highest BCUT2D eigenvalue weighted by atomic mass is 127. The van der Waals surface area contributed by atoms with Crippen LogP contribution < -0.4 is 11.2 Å². The summed E-state index contributed by atoms with van der Waals surface area (Å²) in [5.74, 6) is 0. The maximum absolute atomic E-state index is 12.7. The molecule has 118 valence electrons.